The average molecular weight is 818 g/mol. The van der Waals surface area contributed by atoms with Crippen molar-refractivity contribution in [2.75, 3.05) is 0 Å². The van der Waals surface area contributed by atoms with Gasteiger partial charge in [0.25, 0.3) is 22.5 Å². The first kappa shape index (κ1) is 43.0. The van der Waals surface area contributed by atoms with Crippen LogP contribution in [0.4, 0.5) is 34.1 Å². The topological polar surface area (TPSA) is 254 Å². The number of aryl methyl sites for hydroxylation is 2. The summed E-state index contributed by atoms with van der Waals surface area (Å²) in [6, 6.07) is 19.4. The van der Waals surface area contributed by atoms with Gasteiger partial charge in [-0.25, -0.2) is 0 Å². The Hall–Kier alpha value is -5.39. The first-order valence-electron chi connectivity index (χ1n) is 14.5. The summed E-state index contributed by atoms with van der Waals surface area (Å²) in [5, 5.41) is 68.9. The van der Waals surface area contributed by atoms with Crippen molar-refractivity contribution in [2.45, 2.75) is 13.8 Å². The second kappa shape index (κ2) is 18.6. The number of nitro groups is 2. The molecule has 0 amide bonds. The van der Waals surface area contributed by atoms with Crippen LogP contribution in [0.1, 0.15) is 11.4 Å². The maximum atomic E-state index is 12.5. The molecule has 0 N–H and O–H groups in total. The van der Waals surface area contributed by atoms with E-state index in [0.717, 1.165) is 45.8 Å². The fraction of sp³-hybridized carbons (Fsp3) is 0.0625. The summed E-state index contributed by atoms with van der Waals surface area (Å²) in [4.78, 5) is 45.3. The van der Waals surface area contributed by atoms with Crippen molar-refractivity contribution in [3.05, 3.63) is 147 Å². The van der Waals surface area contributed by atoms with Gasteiger partial charge in [0, 0.05) is 35.6 Å². The van der Waals surface area contributed by atoms with Crippen molar-refractivity contribution in [3.8, 4) is 22.9 Å². The summed E-state index contributed by atoms with van der Waals surface area (Å²) < 4.78 is 2.16. The molecule has 2 heterocycles. The van der Waals surface area contributed by atoms with Gasteiger partial charge in [0.05, 0.1) is 31.3 Å². The van der Waals surface area contributed by atoms with E-state index >= 15 is 0 Å². The minimum atomic E-state index is -0.655. The summed E-state index contributed by atoms with van der Waals surface area (Å²) >= 11 is 12.1. The number of non-ortho nitro benzene ring substituents is 2. The number of azo groups is 2. The molecule has 0 unspecified atom stereocenters. The van der Waals surface area contributed by atoms with Crippen molar-refractivity contribution in [1.82, 2.24) is 19.6 Å². The minimum absolute atomic E-state index is 0. The predicted molar refractivity (Wildman–Crippen MR) is 184 cm³/mol. The molecular formula is C32H20Cl2CrN10NaO8. The van der Waals surface area contributed by atoms with Crippen molar-refractivity contribution in [2.24, 2.45) is 20.5 Å². The van der Waals surface area contributed by atoms with Crippen LogP contribution in [-0.2, 0) is 17.4 Å². The van der Waals surface area contributed by atoms with Crippen LogP contribution < -0.4 is 61.1 Å². The Kier molecular flexibility index (Phi) is 14.8. The Labute approximate surface area is 346 Å². The van der Waals surface area contributed by atoms with Gasteiger partial charge < -0.3 is 29.8 Å². The van der Waals surface area contributed by atoms with E-state index in [1.54, 1.807) is 62.4 Å². The molecule has 2 aromatic heterocycles. The Morgan fingerprint density at radius 2 is 0.963 bits per heavy atom. The van der Waals surface area contributed by atoms with Gasteiger partial charge in [0.1, 0.15) is 11.4 Å². The monoisotopic (exact) mass is 817 g/mol. The van der Waals surface area contributed by atoms with Gasteiger partial charge in [0.2, 0.25) is 0 Å². The van der Waals surface area contributed by atoms with Gasteiger partial charge >= 0.3 is 46.9 Å². The molecular weight excluding hydrogens is 798 g/mol. The second-order valence-corrected chi connectivity index (χ2v) is 11.2. The van der Waals surface area contributed by atoms with Gasteiger partial charge in [0.15, 0.2) is 0 Å². The maximum Gasteiger partial charge on any atom is 3.00 e. The standard InChI is InChI=1S/2C16H12ClN5O4.Cr.Na/c2*1-9-15(16(24)21(20-9)13-5-3-2-4-11(13)17)19-18-12-8-10(22(25)26)6-7-14(12)23;;/h2*2-8H,1H3,(H2,18,19,20,23,24);;/q;;+3;+1/p-4. The number of nitrogens with zero attached hydrogens (tertiary/aromatic N) is 10. The third-order valence-corrected chi connectivity index (χ3v) is 7.60. The molecule has 0 aliphatic rings. The van der Waals surface area contributed by atoms with Gasteiger partial charge in [-0.15, -0.1) is 21.6 Å². The van der Waals surface area contributed by atoms with E-state index in [1.807, 2.05) is 0 Å². The van der Waals surface area contributed by atoms with Gasteiger partial charge in [-0.05, 0) is 24.3 Å². The molecule has 0 saturated heterocycles. The van der Waals surface area contributed by atoms with Gasteiger partial charge in [-0.2, -0.15) is 10.2 Å². The van der Waals surface area contributed by atoms with E-state index in [4.69, 9.17) is 23.2 Å². The number of para-hydroxylation sites is 2. The third kappa shape index (κ3) is 9.58. The van der Waals surface area contributed by atoms with Crippen LogP contribution in [0.15, 0.2) is 115 Å². The first-order valence-corrected chi connectivity index (χ1v) is 15.3. The van der Waals surface area contributed by atoms with Crippen LogP contribution in [0.5, 0.6) is 11.5 Å². The van der Waals surface area contributed by atoms with E-state index < -0.39 is 32.5 Å². The Morgan fingerprint density at radius 3 is 1.30 bits per heavy atom. The number of benzene rings is 4. The van der Waals surface area contributed by atoms with E-state index in [0.29, 0.717) is 21.4 Å². The smallest absolute Gasteiger partial charge is 0.871 e. The Bertz CT molecular complexity index is 2360. The van der Waals surface area contributed by atoms with Crippen LogP contribution in [0.2, 0.25) is 10.0 Å². The van der Waals surface area contributed by atoms with Crippen molar-refractivity contribution < 1.29 is 67.0 Å². The molecule has 22 heteroatoms. The van der Waals surface area contributed by atoms with Crippen LogP contribution in [0.25, 0.3) is 11.4 Å². The maximum absolute atomic E-state index is 12.5. The molecule has 0 spiro atoms. The number of aromatic nitrogens is 4. The van der Waals surface area contributed by atoms with E-state index in [9.17, 15) is 40.0 Å². The molecule has 0 saturated carbocycles. The van der Waals surface area contributed by atoms with E-state index in [-0.39, 0.29) is 92.4 Å². The molecule has 6 aromatic rings. The molecule has 4 aromatic carbocycles. The summed E-state index contributed by atoms with van der Waals surface area (Å²) in [7, 11) is 0. The summed E-state index contributed by atoms with van der Waals surface area (Å²) in [5.41, 5.74) is -1.11. The number of halogens is 2. The zero-order chi connectivity index (χ0) is 37.7. The van der Waals surface area contributed by atoms with Crippen LogP contribution >= 0.6 is 23.2 Å². The summed E-state index contributed by atoms with van der Waals surface area (Å²) in [6.07, 6.45) is 0. The zero-order valence-corrected chi connectivity index (χ0v) is 32.8. The number of hydrogen-bond acceptors (Lipinski definition) is 12. The Morgan fingerprint density at radius 1 is 0.611 bits per heavy atom. The molecule has 0 aliphatic heterocycles. The average Bonchev–Trinajstić information content (AvgIpc) is 3.56. The largest absolute Gasteiger partial charge is 3.00 e. The predicted octanol–water partition coefficient (Wildman–Crippen LogP) is 3.31. The van der Waals surface area contributed by atoms with E-state index in [2.05, 4.69) is 30.7 Å². The van der Waals surface area contributed by atoms with Crippen molar-refractivity contribution in [3.63, 3.8) is 0 Å². The quantitative estimate of drug-likeness (QED) is 0.0937. The molecule has 18 nitrogen and oxygen atoms in total. The molecule has 54 heavy (non-hydrogen) atoms. The number of rotatable bonds is 8. The van der Waals surface area contributed by atoms with E-state index in [1.165, 1.54) is 0 Å². The number of nitro benzene ring substituents is 2. The molecule has 1 radical (unpaired) electrons. The molecule has 6 rings (SSSR count). The minimum Gasteiger partial charge on any atom is -0.871 e. The fourth-order valence-corrected chi connectivity index (χ4v) is 4.83. The SMILES string of the molecule is Cc1[n-]n(-c2ccccc2Cl)c(=O)c1N=Nc1cc([N+](=O)[O-])ccc1[O-].Cc1[n-]n(-c2ccccc2Cl)c(=O)c1N=Nc1cc([N+](=O)[O-])ccc1[O-].[Cr+3].[Na+]. The molecule has 267 valence electrons. The first-order chi connectivity index (χ1) is 24.8. The normalized spacial score (nSPS) is 10.7. The Balaban J connectivity index is 0.000000280. The molecule has 0 fully saturated rings. The van der Waals surface area contributed by atoms with Gasteiger partial charge in [-0.3, -0.25) is 29.8 Å². The zero-order valence-electron chi connectivity index (χ0n) is 28.0. The van der Waals surface area contributed by atoms with Crippen LogP contribution in [-0.4, -0.2) is 19.2 Å². The third-order valence-electron chi connectivity index (χ3n) is 6.96. The van der Waals surface area contributed by atoms with Gasteiger partial charge in [-0.1, -0.05) is 84.9 Å². The molecule has 0 bridgehead atoms. The van der Waals surface area contributed by atoms with Crippen LogP contribution in [0.3, 0.4) is 0 Å². The molecule has 0 aliphatic carbocycles. The molecule has 0 atom stereocenters. The van der Waals surface area contributed by atoms with Crippen LogP contribution in [0, 0.1) is 34.1 Å². The number of hydrogen-bond donors (Lipinski definition) is 0. The summed E-state index contributed by atoms with van der Waals surface area (Å²) in [6.45, 7) is 3.10. The summed E-state index contributed by atoms with van der Waals surface area (Å²) in [5.74, 6) is -1.11. The fourth-order valence-electron chi connectivity index (χ4n) is 4.40. The van der Waals surface area contributed by atoms with Crippen molar-refractivity contribution in [1.29, 1.82) is 0 Å². The second-order valence-electron chi connectivity index (χ2n) is 10.4. The van der Waals surface area contributed by atoms with Crippen molar-refractivity contribution >= 4 is 57.3 Å².